The number of anilines is 1. The van der Waals surface area contributed by atoms with E-state index in [1.54, 1.807) is 0 Å². The summed E-state index contributed by atoms with van der Waals surface area (Å²) in [5, 5.41) is 2.97. The van der Waals surface area contributed by atoms with Crippen LogP contribution in [0.3, 0.4) is 0 Å². The lowest BCUT2D eigenvalue weighted by molar-refractivity contribution is 0.103. The number of thiophene rings is 1. The number of hydrogen-bond donors (Lipinski definition) is 1. The third kappa shape index (κ3) is 3.46. The first kappa shape index (κ1) is 14.8. The van der Waals surface area contributed by atoms with Gasteiger partial charge < -0.3 is 5.32 Å². The predicted molar refractivity (Wildman–Crippen MR) is 88.5 cm³/mol. The van der Waals surface area contributed by atoms with Gasteiger partial charge in [-0.05, 0) is 53.0 Å². The summed E-state index contributed by atoms with van der Waals surface area (Å²) in [5.41, 5.74) is 3.00. The molecule has 1 aromatic carbocycles. The number of nitrogens with one attached hydrogen (secondary N) is 1. The summed E-state index contributed by atoms with van der Waals surface area (Å²) >= 11 is 8.43. The van der Waals surface area contributed by atoms with Crippen LogP contribution in [0.15, 0.2) is 34.1 Å². The highest BCUT2D eigenvalue weighted by Crippen LogP contribution is 2.31. The lowest BCUT2D eigenvalue weighted by Gasteiger charge is -2.11. The first-order valence-electron chi connectivity index (χ1n) is 5.79. The standard InChI is InChI=1S/C14H13Br2NOS/c1-8-7-12(19-13(8)16)14(18)17-11-6-4-3-5-10(11)9(2)15/h3-7,9H,1-2H3,(H,17,18). The average molecular weight is 403 g/mol. The minimum absolute atomic E-state index is 0.0700. The molecule has 5 heteroatoms. The molecule has 0 saturated carbocycles. The summed E-state index contributed by atoms with van der Waals surface area (Å²) in [4.78, 5) is 13.1. The largest absolute Gasteiger partial charge is 0.321 e. The number of rotatable bonds is 3. The molecule has 2 nitrogen and oxygen atoms in total. The van der Waals surface area contributed by atoms with Crippen molar-refractivity contribution in [3.63, 3.8) is 0 Å². The Labute approximate surface area is 133 Å². The number of benzene rings is 1. The second-order valence-corrected chi connectivity index (χ2v) is 7.97. The van der Waals surface area contributed by atoms with Gasteiger partial charge in [0, 0.05) is 10.5 Å². The summed E-state index contributed by atoms with van der Waals surface area (Å²) in [7, 11) is 0. The van der Waals surface area contributed by atoms with Crippen molar-refractivity contribution in [1.82, 2.24) is 0 Å². The number of para-hydroxylation sites is 1. The fraction of sp³-hybridized carbons (Fsp3) is 0.214. The third-order valence-electron chi connectivity index (χ3n) is 2.72. The second kappa shape index (κ2) is 6.20. The van der Waals surface area contributed by atoms with Crippen molar-refractivity contribution in [3.8, 4) is 0 Å². The van der Waals surface area contributed by atoms with Crippen LogP contribution in [-0.4, -0.2) is 5.91 Å². The molecular weight excluding hydrogens is 390 g/mol. The fourth-order valence-corrected chi connectivity index (χ4v) is 3.54. The van der Waals surface area contributed by atoms with Crippen molar-refractivity contribution >= 4 is 54.8 Å². The average Bonchev–Trinajstić information content (AvgIpc) is 2.70. The van der Waals surface area contributed by atoms with Crippen LogP contribution in [0.5, 0.6) is 0 Å². The maximum atomic E-state index is 12.2. The molecule has 0 saturated heterocycles. The van der Waals surface area contributed by atoms with E-state index in [-0.39, 0.29) is 10.7 Å². The zero-order valence-electron chi connectivity index (χ0n) is 10.5. The Bertz CT molecular complexity index is 588. The monoisotopic (exact) mass is 401 g/mol. The minimum atomic E-state index is -0.0700. The molecule has 1 N–H and O–H groups in total. The first-order chi connectivity index (χ1) is 8.99. The van der Waals surface area contributed by atoms with Gasteiger partial charge in [0.05, 0.1) is 8.66 Å². The maximum Gasteiger partial charge on any atom is 0.265 e. The summed E-state index contributed by atoms with van der Waals surface area (Å²) in [6.45, 7) is 4.02. The van der Waals surface area contributed by atoms with Crippen LogP contribution in [0.2, 0.25) is 0 Å². The van der Waals surface area contributed by atoms with Crippen molar-refractivity contribution in [2.75, 3.05) is 5.32 Å². The molecule has 2 rings (SSSR count). The highest BCUT2D eigenvalue weighted by molar-refractivity contribution is 9.11. The van der Waals surface area contributed by atoms with E-state index in [0.717, 1.165) is 20.6 Å². The SMILES string of the molecule is Cc1cc(C(=O)Nc2ccccc2C(C)Br)sc1Br. The topological polar surface area (TPSA) is 29.1 Å². The molecule has 0 aliphatic carbocycles. The third-order valence-corrected chi connectivity index (χ3v) is 5.35. The van der Waals surface area contributed by atoms with Crippen molar-refractivity contribution < 1.29 is 4.79 Å². The van der Waals surface area contributed by atoms with Crippen molar-refractivity contribution in [3.05, 3.63) is 50.1 Å². The van der Waals surface area contributed by atoms with Crippen molar-refractivity contribution in [1.29, 1.82) is 0 Å². The zero-order valence-corrected chi connectivity index (χ0v) is 14.5. The molecule has 19 heavy (non-hydrogen) atoms. The molecule has 1 heterocycles. The van der Waals surface area contributed by atoms with E-state index >= 15 is 0 Å². The van der Waals surface area contributed by atoms with Crippen molar-refractivity contribution in [2.24, 2.45) is 0 Å². The molecule has 2 aromatic rings. The van der Waals surface area contributed by atoms with E-state index < -0.39 is 0 Å². The van der Waals surface area contributed by atoms with Gasteiger partial charge in [-0.1, -0.05) is 34.1 Å². The Morgan fingerprint density at radius 2 is 2.05 bits per heavy atom. The molecule has 1 unspecified atom stereocenters. The van der Waals surface area contributed by atoms with Crippen LogP contribution in [0.25, 0.3) is 0 Å². The Morgan fingerprint density at radius 3 is 2.63 bits per heavy atom. The van der Waals surface area contributed by atoms with E-state index in [1.807, 2.05) is 44.2 Å². The summed E-state index contributed by atoms with van der Waals surface area (Å²) < 4.78 is 1.000. The summed E-state index contributed by atoms with van der Waals surface area (Å²) in [5.74, 6) is -0.0700. The van der Waals surface area contributed by atoms with E-state index in [0.29, 0.717) is 4.88 Å². The van der Waals surface area contributed by atoms with Crippen LogP contribution in [0.1, 0.15) is 32.5 Å². The minimum Gasteiger partial charge on any atom is -0.321 e. The summed E-state index contributed by atoms with van der Waals surface area (Å²) in [6, 6.07) is 9.70. The summed E-state index contributed by atoms with van der Waals surface area (Å²) in [6.07, 6.45) is 0. The molecule has 1 atom stereocenters. The van der Waals surface area contributed by atoms with Crippen LogP contribution in [0.4, 0.5) is 5.69 Å². The molecule has 0 aliphatic heterocycles. The Hall–Kier alpha value is -0.650. The van der Waals surface area contributed by atoms with Gasteiger partial charge in [-0.3, -0.25) is 4.79 Å². The first-order valence-corrected chi connectivity index (χ1v) is 8.32. The number of carbonyl (C=O) groups is 1. The van der Waals surface area contributed by atoms with Gasteiger partial charge >= 0.3 is 0 Å². The molecule has 0 fully saturated rings. The number of halogens is 2. The van der Waals surface area contributed by atoms with Crippen molar-refractivity contribution in [2.45, 2.75) is 18.7 Å². The van der Waals surface area contributed by atoms with E-state index in [9.17, 15) is 4.79 Å². The van der Waals surface area contributed by atoms with Gasteiger partial charge in [0.25, 0.3) is 5.91 Å². The van der Waals surface area contributed by atoms with Crippen LogP contribution in [-0.2, 0) is 0 Å². The highest BCUT2D eigenvalue weighted by atomic mass is 79.9. The van der Waals surface area contributed by atoms with Gasteiger partial charge in [0.15, 0.2) is 0 Å². The van der Waals surface area contributed by atoms with Crippen LogP contribution in [0, 0.1) is 6.92 Å². The van der Waals surface area contributed by atoms with Gasteiger partial charge in [-0.15, -0.1) is 11.3 Å². The quantitative estimate of drug-likeness (QED) is 0.672. The molecule has 1 amide bonds. The Kier molecular flexibility index (Phi) is 4.81. The van der Waals surface area contributed by atoms with Gasteiger partial charge in [-0.25, -0.2) is 0 Å². The number of amides is 1. The molecule has 0 aliphatic rings. The molecule has 0 bridgehead atoms. The van der Waals surface area contributed by atoms with Crippen LogP contribution < -0.4 is 5.32 Å². The number of alkyl halides is 1. The maximum absolute atomic E-state index is 12.2. The fourth-order valence-electron chi connectivity index (χ4n) is 1.71. The van der Waals surface area contributed by atoms with E-state index in [4.69, 9.17) is 0 Å². The van der Waals surface area contributed by atoms with E-state index in [1.165, 1.54) is 11.3 Å². The number of hydrogen-bond acceptors (Lipinski definition) is 2. The lowest BCUT2D eigenvalue weighted by Crippen LogP contribution is -2.11. The van der Waals surface area contributed by atoms with Gasteiger partial charge in [0.2, 0.25) is 0 Å². The van der Waals surface area contributed by atoms with Gasteiger partial charge in [0.1, 0.15) is 0 Å². The number of carbonyl (C=O) groups excluding carboxylic acids is 1. The smallest absolute Gasteiger partial charge is 0.265 e. The lowest BCUT2D eigenvalue weighted by atomic mass is 10.1. The molecule has 0 radical (unpaired) electrons. The molecule has 0 spiro atoms. The van der Waals surface area contributed by atoms with Gasteiger partial charge in [-0.2, -0.15) is 0 Å². The normalized spacial score (nSPS) is 12.2. The van der Waals surface area contributed by atoms with E-state index in [2.05, 4.69) is 37.2 Å². The zero-order chi connectivity index (χ0) is 14.0. The van der Waals surface area contributed by atoms with Crippen LogP contribution >= 0.6 is 43.2 Å². The molecular formula is C14H13Br2NOS. The number of aryl methyl sites for hydroxylation is 1. The second-order valence-electron chi connectivity index (χ2n) is 4.22. The predicted octanol–water partition coefficient (Wildman–Crippen LogP) is 5.53. The Morgan fingerprint density at radius 1 is 1.37 bits per heavy atom. The highest BCUT2D eigenvalue weighted by Gasteiger charge is 2.14. The molecule has 1 aromatic heterocycles. The Balaban J connectivity index is 2.24. The molecule has 100 valence electrons.